The summed E-state index contributed by atoms with van der Waals surface area (Å²) < 4.78 is 0. The van der Waals surface area contributed by atoms with Crippen molar-refractivity contribution in [1.29, 1.82) is 0 Å². The van der Waals surface area contributed by atoms with Crippen molar-refractivity contribution in [2.75, 3.05) is 19.6 Å². The van der Waals surface area contributed by atoms with Crippen LogP contribution in [0.3, 0.4) is 0 Å². The molecule has 16 heavy (non-hydrogen) atoms. The van der Waals surface area contributed by atoms with E-state index in [0.29, 0.717) is 6.04 Å². The van der Waals surface area contributed by atoms with Crippen LogP contribution >= 0.6 is 0 Å². The lowest BCUT2D eigenvalue weighted by Gasteiger charge is -2.26. The Morgan fingerprint density at radius 3 is 1.69 bits per heavy atom. The van der Waals surface area contributed by atoms with Crippen LogP contribution in [-0.2, 0) is 0 Å². The minimum Gasteiger partial charge on any atom is -0.327 e. The van der Waals surface area contributed by atoms with Crippen LogP contribution in [0.4, 0.5) is 0 Å². The van der Waals surface area contributed by atoms with Crippen molar-refractivity contribution < 1.29 is 0 Å². The van der Waals surface area contributed by atoms with Gasteiger partial charge in [-0.3, -0.25) is 0 Å². The van der Waals surface area contributed by atoms with E-state index in [1.54, 1.807) is 0 Å². The average molecular weight is 228 g/mol. The molecule has 0 saturated carbocycles. The lowest BCUT2D eigenvalue weighted by Crippen LogP contribution is -2.38. The fraction of sp³-hybridized carbons (Fsp3) is 1.00. The summed E-state index contributed by atoms with van der Waals surface area (Å²) >= 11 is 0. The highest BCUT2D eigenvalue weighted by Gasteiger charge is 2.10. The standard InChI is InChI=1S/C14H32N2/c1-6-14(15)11-16(9-7-12(2)3)10-8-13(4)5/h12-14H,6-11,15H2,1-5H3. The summed E-state index contributed by atoms with van der Waals surface area (Å²) in [6.45, 7) is 14.8. The van der Waals surface area contributed by atoms with Gasteiger partial charge in [-0.05, 0) is 44.2 Å². The predicted octanol–water partition coefficient (Wildman–Crippen LogP) is 3.12. The van der Waals surface area contributed by atoms with Crippen LogP contribution in [0.2, 0.25) is 0 Å². The van der Waals surface area contributed by atoms with Crippen molar-refractivity contribution in [3.63, 3.8) is 0 Å². The molecule has 2 heteroatoms. The minimum absolute atomic E-state index is 0.347. The van der Waals surface area contributed by atoms with Crippen molar-refractivity contribution in [1.82, 2.24) is 4.90 Å². The zero-order valence-corrected chi connectivity index (χ0v) is 12.0. The molecule has 98 valence electrons. The number of nitrogens with zero attached hydrogens (tertiary/aromatic N) is 1. The highest BCUT2D eigenvalue weighted by molar-refractivity contribution is 4.68. The van der Waals surface area contributed by atoms with Crippen LogP contribution in [-0.4, -0.2) is 30.6 Å². The molecule has 0 amide bonds. The second-order valence-electron chi connectivity index (χ2n) is 5.83. The molecule has 1 unspecified atom stereocenters. The highest BCUT2D eigenvalue weighted by Crippen LogP contribution is 2.07. The van der Waals surface area contributed by atoms with Gasteiger partial charge in [0.05, 0.1) is 0 Å². The zero-order chi connectivity index (χ0) is 12.6. The molecule has 0 fully saturated rings. The monoisotopic (exact) mass is 228 g/mol. The summed E-state index contributed by atoms with van der Waals surface area (Å²) in [6.07, 6.45) is 3.66. The molecule has 0 radical (unpaired) electrons. The summed E-state index contributed by atoms with van der Waals surface area (Å²) in [5.41, 5.74) is 6.04. The molecule has 0 rings (SSSR count). The second kappa shape index (κ2) is 9.00. The summed E-state index contributed by atoms with van der Waals surface area (Å²) in [5.74, 6) is 1.58. The molecule has 0 aromatic carbocycles. The van der Waals surface area contributed by atoms with E-state index in [-0.39, 0.29) is 0 Å². The van der Waals surface area contributed by atoms with E-state index < -0.39 is 0 Å². The van der Waals surface area contributed by atoms with Crippen molar-refractivity contribution in [3.05, 3.63) is 0 Å². The van der Waals surface area contributed by atoms with Crippen LogP contribution in [0.15, 0.2) is 0 Å². The Hall–Kier alpha value is -0.0800. The van der Waals surface area contributed by atoms with Gasteiger partial charge in [-0.25, -0.2) is 0 Å². The third-order valence-corrected chi connectivity index (χ3v) is 3.06. The van der Waals surface area contributed by atoms with Crippen LogP contribution in [0.5, 0.6) is 0 Å². The summed E-state index contributed by atoms with van der Waals surface area (Å²) in [5, 5.41) is 0. The fourth-order valence-electron chi connectivity index (χ4n) is 1.64. The van der Waals surface area contributed by atoms with E-state index in [0.717, 1.165) is 24.8 Å². The number of hydrogen-bond donors (Lipinski definition) is 1. The number of rotatable bonds is 9. The number of nitrogens with two attached hydrogens (primary N) is 1. The molecule has 0 aromatic heterocycles. The molecule has 0 aliphatic heterocycles. The van der Waals surface area contributed by atoms with Gasteiger partial charge < -0.3 is 10.6 Å². The van der Waals surface area contributed by atoms with E-state index in [1.165, 1.54) is 25.9 Å². The van der Waals surface area contributed by atoms with Crippen LogP contribution < -0.4 is 5.73 Å². The summed E-state index contributed by atoms with van der Waals surface area (Å²) in [4.78, 5) is 2.55. The summed E-state index contributed by atoms with van der Waals surface area (Å²) in [7, 11) is 0. The van der Waals surface area contributed by atoms with Gasteiger partial charge >= 0.3 is 0 Å². The van der Waals surface area contributed by atoms with E-state index in [4.69, 9.17) is 5.73 Å². The largest absolute Gasteiger partial charge is 0.327 e. The molecule has 1 atom stereocenters. The molecule has 0 bridgehead atoms. The first-order valence-electron chi connectivity index (χ1n) is 6.93. The van der Waals surface area contributed by atoms with E-state index in [9.17, 15) is 0 Å². The molecule has 0 aliphatic carbocycles. The van der Waals surface area contributed by atoms with E-state index in [2.05, 4.69) is 39.5 Å². The number of hydrogen-bond acceptors (Lipinski definition) is 2. The molecular formula is C14H32N2. The zero-order valence-electron chi connectivity index (χ0n) is 12.0. The van der Waals surface area contributed by atoms with Crippen molar-refractivity contribution in [3.8, 4) is 0 Å². The van der Waals surface area contributed by atoms with Gasteiger partial charge in [-0.15, -0.1) is 0 Å². The quantitative estimate of drug-likeness (QED) is 0.657. The van der Waals surface area contributed by atoms with Gasteiger partial charge in [0.15, 0.2) is 0 Å². The first kappa shape index (κ1) is 15.9. The maximum Gasteiger partial charge on any atom is 0.0165 e. The van der Waals surface area contributed by atoms with Gasteiger partial charge in [-0.2, -0.15) is 0 Å². The Morgan fingerprint density at radius 1 is 0.938 bits per heavy atom. The van der Waals surface area contributed by atoms with Crippen molar-refractivity contribution >= 4 is 0 Å². The van der Waals surface area contributed by atoms with Crippen molar-refractivity contribution in [2.24, 2.45) is 17.6 Å². The Bertz CT molecular complexity index is 143. The third kappa shape index (κ3) is 9.17. The van der Waals surface area contributed by atoms with Crippen LogP contribution in [0, 0.1) is 11.8 Å². The van der Waals surface area contributed by atoms with Gasteiger partial charge in [0, 0.05) is 12.6 Å². The Morgan fingerprint density at radius 2 is 1.38 bits per heavy atom. The molecule has 0 aromatic rings. The van der Waals surface area contributed by atoms with E-state index >= 15 is 0 Å². The first-order chi connectivity index (χ1) is 7.45. The normalized spacial score (nSPS) is 14.1. The van der Waals surface area contributed by atoms with Crippen molar-refractivity contribution in [2.45, 2.75) is 59.9 Å². The lowest BCUT2D eigenvalue weighted by atomic mass is 10.1. The first-order valence-corrected chi connectivity index (χ1v) is 6.93. The average Bonchev–Trinajstić information content (AvgIpc) is 2.21. The van der Waals surface area contributed by atoms with Gasteiger partial charge in [0.25, 0.3) is 0 Å². The highest BCUT2D eigenvalue weighted by atomic mass is 15.1. The molecule has 2 nitrogen and oxygen atoms in total. The third-order valence-electron chi connectivity index (χ3n) is 3.06. The lowest BCUT2D eigenvalue weighted by molar-refractivity contribution is 0.228. The van der Waals surface area contributed by atoms with E-state index in [1.807, 2.05) is 0 Å². The second-order valence-corrected chi connectivity index (χ2v) is 5.83. The maximum atomic E-state index is 6.04. The molecule has 0 aliphatic rings. The van der Waals surface area contributed by atoms with Gasteiger partial charge in [-0.1, -0.05) is 34.6 Å². The Kier molecular flexibility index (Phi) is 8.96. The molecule has 0 saturated heterocycles. The molecule has 2 N–H and O–H groups in total. The topological polar surface area (TPSA) is 29.3 Å². The van der Waals surface area contributed by atoms with Crippen LogP contribution in [0.25, 0.3) is 0 Å². The smallest absolute Gasteiger partial charge is 0.0165 e. The Labute approximate surface area is 103 Å². The van der Waals surface area contributed by atoms with Gasteiger partial charge in [0.1, 0.15) is 0 Å². The predicted molar refractivity (Wildman–Crippen MR) is 73.6 cm³/mol. The summed E-state index contributed by atoms with van der Waals surface area (Å²) in [6, 6.07) is 0.347. The van der Waals surface area contributed by atoms with Crippen LogP contribution in [0.1, 0.15) is 53.9 Å². The maximum absolute atomic E-state index is 6.04. The minimum atomic E-state index is 0.347. The molecule has 0 spiro atoms. The molecular weight excluding hydrogens is 196 g/mol. The Balaban J connectivity index is 3.94. The molecule has 0 heterocycles. The fourth-order valence-corrected chi connectivity index (χ4v) is 1.64. The SMILES string of the molecule is CCC(N)CN(CCC(C)C)CCC(C)C. The van der Waals surface area contributed by atoms with Gasteiger partial charge in [0.2, 0.25) is 0 Å².